The Balaban J connectivity index is 1.90. The summed E-state index contributed by atoms with van der Waals surface area (Å²) in [6, 6.07) is 10.0. The molecule has 1 saturated heterocycles. The van der Waals surface area contributed by atoms with Crippen LogP contribution in [0.2, 0.25) is 0 Å². The molecule has 6 nitrogen and oxygen atoms in total. The molecule has 2 atom stereocenters. The molecule has 0 spiro atoms. The molecule has 3 aromatic rings. The van der Waals surface area contributed by atoms with Crippen molar-refractivity contribution in [3.05, 3.63) is 40.3 Å². The Morgan fingerprint density at radius 1 is 1.20 bits per heavy atom. The number of nitrogen functional groups attached to an aromatic ring is 2. The highest BCUT2D eigenvalue weighted by molar-refractivity contribution is 7.21. The number of aromatic nitrogens is 1. The maximum Gasteiger partial charge on any atom is 0.266 e. The molecule has 1 amide bonds. The zero-order valence-corrected chi connectivity index (χ0v) is 18.2. The van der Waals surface area contributed by atoms with Crippen LogP contribution in [-0.4, -0.2) is 28.9 Å². The van der Waals surface area contributed by atoms with Crippen molar-refractivity contribution >= 4 is 39.0 Å². The number of likely N-dealkylation sites (tertiary alicyclic amines) is 1. The smallest absolute Gasteiger partial charge is 0.266 e. The molecule has 0 aliphatic carbocycles. The minimum Gasteiger partial charge on any atom is -0.397 e. The van der Waals surface area contributed by atoms with Crippen molar-refractivity contribution in [2.24, 2.45) is 11.8 Å². The summed E-state index contributed by atoms with van der Waals surface area (Å²) in [6.45, 7) is 7.78. The number of fused-ring (bicyclic) bond motifs is 1. The molecule has 7 heteroatoms. The zero-order chi connectivity index (χ0) is 21.6. The van der Waals surface area contributed by atoms with Crippen LogP contribution in [0.3, 0.4) is 0 Å². The summed E-state index contributed by atoms with van der Waals surface area (Å²) < 4.78 is 0. The first-order valence-electron chi connectivity index (χ1n) is 10.1. The minimum absolute atomic E-state index is 0.0687. The maximum absolute atomic E-state index is 13.3. The number of amides is 1. The van der Waals surface area contributed by atoms with Gasteiger partial charge in [-0.2, -0.15) is 5.26 Å². The molecule has 1 aliphatic rings. The summed E-state index contributed by atoms with van der Waals surface area (Å²) in [5.74, 6) is 0.993. The van der Waals surface area contributed by atoms with E-state index in [1.54, 1.807) is 0 Å². The van der Waals surface area contributed by atoms with Gasteiger partial charge in [-0.25, -0.2) is 4.98 Å². The number of benzene rings is 1. The van der Waals surface area contributed by atoms with Crippen LogP contribution in [-0.2, 0) is 0 Å². The van der Waals surface area contributed by atoms with Crippen molar-refractivity contribution in [1.82, 2.24) is 9.88 Å². The second-order valence-corrected chi connectivity index (χ2v) is 9.41. The normalized spacial score (nSPS) is 19.1. The first kappa shape index (κ1) is 20.2. The Labute approximate surface area is 180 Å². The van der Waals surface area contributed by atoms with Gasteiger partial charge >= 0.3 is 0 Å². The molecule has 3 heterocycles. The maximum atomic E-state index is 13.3. The van der Waals surface area contributed by atoms with Crippen LogP contribution in [0.15, 0.2) is 24.3 Å². The van der Waals surface area contributed by atoms with Crippen molar-refractivity contribution in [3.8, 4) is 17.2 Å². The van der Waals surface area contributed by atoms with Crippen molar-refractivity contribution in [2.75, 3.05) is 24.6 Å². The summed E-state index contributed by atoms with van der Waals surface area (Å²) >= 11 is 1.26. The van der Waals surface area contributed by atoms with E-state index >= 15 is 0 Å². The highest BCUT2D eigenvalue weighted by Gasteiger charge is 2.30. The number of carbonyl (C=O) groups excluding carboxylic acids is 1. The lowest BCUT2D eigenvalue weighted by atomic mass is 9.91. The number of thiophene rings is 1. The molecule has 4 rings (SSSR count). The second kappa shape index (κ2) is 7.62. The average Bonchev–Trinajstić information content (AvgIpc) is 3.02. The number of piperidine rings is 1. The monoisotopic (exact) mass is 419 g/mol. The van der Waals surface area contributed by atoms with Gasteiger partial charge < -0.3 is 16.4 Å². The predicted molar refractivity (Wildman–Crippen MR) is 122 cm³/mol. The Morgan fingerprint density at radius 2 is 1.83 bits per heavy atom. The van der Waals surface area contributed by atoms with E-state index in [0.29, 0.717) is 38.2 Å². The fourth-order valence-corrected chi connectivity index (χ4v) is 5.50. The van der Waals surface area contributed by atoms with Gasteiger partial charge in [0.25, 0.3) is 5.91 Å². The van der Waals surface area contributed by atoms with Crippen LogP contribution in [0, 0.1) is 30.1 Å². The fourth-order valence-electron chi connectivity index (χ4n) is 4.42. The van der Waals surface area contributed by atoms with Crippen molar-refractivity contribution < 1.29 is 4.79 Å². The zero-order valence-electron chi connectivity index (χ0n) is 17.4. The Hall–Kier alpha value is -3.11. The molecule has 1 aliphatic heterocycles. The number of nitrogens with zero attached hydrogens (tertiary/aromatic N) is 3. The summed E-state index contributed by atoms with van der Waals surface area (Å²) in [4.78, 5) is 20.7. The number of nitrogens with two attached hydrogens (primary N) is 2. The van der Waals surface area contributed by atoms with E-state index in [4.69, 9.17) is 11.5 Å². The lowest BCUT2D eigenvalue weighted by Crippen LogP contribution is -2.42. The van der Waals surface area contributed by atoms with E-state index in [1.165, 1.54) is 11.3 Å². The first-order chi connectivity index (χ1) is 14.3. The van der Waals surface area contributed by atoms with Gasteiger partial charge in [0.15, 0.2) is 0 Å². The number of hydrogen-bond donors (Lipinski definition) is 2. The molecule has 4 N–H and O–H groups in total. The van der Waals surface area contributed by atoms with Crippen LogP contribution in [0.25, 0.3) is 21.3 Å². The highest BCUT2D eigenvalue weighted by Crippen LogP contribution is 2.43. The predicted octanol–water partition coefficient (Wildman–Crippen LogP) is 4.43. The van der Waals surface area contributed by atoms with E-state index in [2.05, 4.69) is 24.9 Å². The van der Waals surface area contributed by atoms with Gasteiger partial charge in [0.05, 0.1) is 5.69 Å². The van der Waals surface area contributed by atoms with Crippen LogP contribution in [0.4, 0.5) is 11.5 Å². The van der Waals surface area contributed by atoms with Gasteiger partial charge in [0, 0.05) is 24.0 Å². The van der Waals surface area contributed by atoms with E-state index in [1.807, 2.05) is 36.1 Å². The quantitative estimate of drug-likeness (QED) is 0.639. The standard InChI is InChI=1S/C23H25N5OS/c1-12-4-6-15(7-5-12)17-16(9-24)21(26)27-22-18(17)19(25)20(30-22)23(29)28-10-13(2)8-14(3)11-28/h4-7,13-14H,8,10-11,25H2,1-3H3,(H2,26,27). The highest BCUT2D eigenvalue weighted by atomic mass is 32.1. The van der Waals surface area contributed by atoms with Gasteiger partial charge in [-0.15, -0.1) is 11.3 Å². The number of anilines is 2. The molecule has 30 heavy (non-hydrogen) atoms. The molecule has 0 saturated carbocycles. The lowest BCUT2D eigenvalue weighted by molar-refractivity contribution is 0.0629. The number of rotatable bonds is 2. The van der Waals surface area contributed by atoms with Crippen LogP contribution < -0.4 is 11.5 Å². The molecule has 2 unspecified atom stereocenters. The van der Waals surface area contributed by atoms with E-state index in [9.17, 15) is 10.1 Å². The van der Waals surface area contributed by atoms with Gasteiger partial charge in [0.1, 0.15) is 27.2 Å². The third kappa shape index (κ3) is 3.37. The third-order valence-corrected chi connectivity index (χ3v) is 6.79. The number of hydrogen-bond acceptors (Lipinski definition) is 6. The van der Waals surface area contributed by atoms with E-state index < -0.39 is 0 Å². The lowest BCUT2D eigenvalue weighted by Gasteiger charge is -2.34. The minimum atomic E-state index is -0.0687. The van der Waals surface area contributed by atoms with Crippen molar-refractivity contribution in [2.45, 2.75) is 27.2 Å². The molecule has 2 aromatic heterocycles. The SMILES string of the molecule is Cc1ccc(-c2c(C#N)c(N)nc3sc(C(=O)N4CC(C)CC(C)C4)c(N)c23)cc1. The molecule has 0 radical (unpaired) electrons. The summed E-state index contributed by atoms with van der Waals surface area (Å²) in [5, 5.41) is 10.4. The average molecular weight is 420 g/mol. The van der Waals surface area contributed by atoms with Crippen molar-refractivity contribution in [1.29, 1.82) is 5.26 Å². The van der Waals surface area contributed by atoms with Crippen LogP contribution >= 0.6 is 11.3 Å². The van der Waals surface area contributed by atoms with E-state index in [0.717, 1.165) is 30.6 Å². The molecule has 1 fully saturated rings. The van der Waals surface area contributed by atoms with Crippen LogP contribution in [0.5, 0.6) is 0 Å². The Kier molecular flexibility index (Phi) is 5.12. The molecule has 1 aromatic carbocycles. The molecule has 0 bridgehead atoms. The molecular formula is C23H25N5OS. The number of pyridine rings is 1. The molecule has 154 valence electrons. The molecular weight excluding hydrogens is 394 g/mol. The van der Waals surface area contributed by atoms with Gasteiger partial charge in [-0.3, -0.25) is 4.79 Å². The first-order valence-corrected chi connectivity index (χ1v) is 10.9. The number of carbonyl (C=O) groups is 1. The van der Waals surface area contributed by atoms with Crippen molar-refractivity contribution in [3.63, 3.8) is 0 Å². The summed E-state index contributed by atoms with van der Waals surface area (Å²) in [5.41, 5.74) is 15.9. The van der Waals surface area contributed by atoms with Gasteiger partial charge in [-0.05, 0) is 30.7 Å². The second-order valence-electron chi connectivity index (χ2n) is 8.41. The number of nitriles is 1. The van der Waals surface area contributed by atoms with Gasteiger partial charge in [0.2, 0.25) is 0 Å². The fraction of sp³-hybridized carbons (Fsp3) is 0.348. The largest absolute Gasteiger partial charge is 0.397 e. The Morgan fingerprint density at radius 3 is 2.43 bits per heavy atom. The Bertz CT molecular complexity index is 1170. The third-order valence-electron chi connectivity index (χ3n) is 5.71. The van der Waals surface area contributed by atoms with E-state index in [-0.39, 0.29) is 17.3 Å². The summed E-state index contributed by atoms with van der Waals surface area (Å²) in [7, 11) is 0. The summed E-state index contributed by atoms with van der Waals surface area (Å²) in [6.07, 6.45) is 1.12. The topological polar surface area (TPSA) is 109 Å². The van der Waals surface area contributed by atoms with Gasteiger partial charge in [-0.1, -0.05) is 43.7 Å². The van der Waals surface area contributed by atoms with Crippen LogP contribution in [0.1, 0.15) is 41.1 Å². The number of aryl methyl sites for hydroxylation is 1.